The van der Waals surface area contributed by atoms with E-state index >= 15 is 0 Å². The molecule has 0 bridgehead atoms. The summed E-state index contributed by atoms with van der Waals surface area (Å²) in [5.74, 6) is 0.282. The van der Waals surface area contributed by atoms with Crippen LogP contribution < -0.4 is 11.1 Å². The Morgan fingerprint density at radius 1 is 1.22 bits per heavy atom. The zero-order valence-electron chi connectivity index (χ0n) is 10.2. The van der Waals surface area contributed by atoms with Crippen molar-refractivity contribution in [3.63, 3.8) is 0 Å². The van der Waals surface area contributed by atoms with Crippen molar-refractivity contribution in [3.8, 4) is 0 Å². The van der Waals surface area contributed by atoms with Crippen LogP contribution >= 0.6 is 0 Å². The zero-order valence-corrected chi connectivity index (χ0v) is 10.2. The lowest BCUT2D eigenvalue weighted by atomic mass is 10.1. The molecule has 1 heterocycles. The average molecular weight is 241 g/mol. The molecule has 0 saturated carbocycles. The van der Waals surface area contributed by atoms with E-state index in [0.717, 1.165) is 6.42 Å². The SMILES string of the molecule is CCc1ccc(C(=O)Nc2ccc(N)nc2)cc1. The van der Waals surface area contributed by atoms with Crippen molar-refractivity contribution < 1.29 is 4.79 Å². The third-order valence-corrected chi connectivity index (χ3v) is 2.67. The molecule has 92 valence electrons. The average Bonchev–Trinajstić information content (AvgIpc) is 2.41. The lowest BCUT2D eigenvalue weighted by molar-refractivity contribution is 0.102. The van der Waals surface area contributed by atoms with Gasteiger partial charge in [-0.1, -0.05) is 19.1 Å². The van der Waals surface area contributed by atoms with Gasteiger partial charge < -0.3 is 11.1 Å². The number of carbonyl (C=O) groups excluding carboxylic acids is 1. The molecule has 0 spiro atoms. The summed E-state index contributed by atoms with van der Waals surface area (Å²) >= 11 is 0. The summed E-state index contributed by atoms with van der Waals surface area (Å²) in [6.45, 7) is 2.08. The number of nitrogens with two attached hydrogens (primary N) is 1. The van der Waals surface area contributed by atoms with Gasteiger partial charge in [-0.25, -0.2) is 4.98 Å². The van der Waals surface area contributed by atoms with E-state index in [1.54, 1.807) is 12.1 Å². The number of nitrogen functional groups attached to an aromatic ring is 1. The summed E-state index contributed by atoms with van der Waals surface area (Å²) in [4.78, 5) is 15.8. The van der Waals surface area contributed by atoms with E-state index in [0.29, 0.717) is 17.1 Å². The Hall–Kier alpha value is -2.36. The molecule has 0 radical (unpaired) electrons. The van der Waals surface area contributed by atoms with Crippen LogP contribution in [0.1, 0.15) is 22.8 Å². The van der Waals surface area contributed by atoms with E-state index in [-0.39, 0.29) is 5.91 Å². The summed E-state index contributed by atoms with van der Waals surface area (Å²) in [6, 6.07) is 10.9. The molecule has 0 aliphatic rings. The Morgan fingerprint density at radius 3 is 2.50 bits per heavy atom. The van der Waals surface area contributed by atoms with E-state index in [2.05, 4.69) is 17.2 Å². The number of amides is 1. The summed E-state index contributed by atoms with van der Waals surface area (Å²) in [7, 11) is 0. The normalized spacial score (nSPS) is 10.1. The molecule has 1 aromatic heterocycles. The summed E-state index contributed by atoms with van der Waals surface area (Å²) in [6.07, 6.45) is 2.50. The van der Waals surface area contributed by atoms with Gasteiger partial charge in [-0.05, 0) is 36.2 Å². The van der Waals surface area contributed by atoms with Crippen LogP contribution in [0, 0.1) is 0 Å². The fourth-order valence-corrected chi connectivity index (χ4v) is 1.57. The number of pyridine rings is 1. The Labute approximate surface area is 106 Å². The van der Waals surface area contributed by atoms with Crippen LogP contribution in [0.2, 0.25) is 0 Å². The van der Waals surface area contributed by atoms with Crippen molar-refractivity contribution in [3.05, 3.63) is 53.7 Å². The van der Waals surface area contributed by atoms with Crippen molar-refractivity contribution in [2.45, 2.75) is 13.3 Å². The molecule has 4 heteroatoms. The first kappa shape index (κ1) is 12.1. The second-order valence-electron chi connectivity index (χ2n) is 3.98. The van der Waals surface area contributed by atoms with Crippen LogP contribution in [0.15, 0.2) is 42.6 Å². The number of rotatable bonds is 3. The molecule has 0 saturated heterocycles. The molecule has 18 heavy (non-hydrogen) atoms. The van der Waals surface area contributed by atoms with Gasteiger partial charge in [0.05, 0.1) is 11.9 Å². The predicted octanol–water partition coefficient (Wildman–Crippen LogP) is 2.48. The van der Waals surface area contributed by atoms with Gasteiger partial charge in [-0.3, -0.25) is 4.79 Å². The number of hydrogen-bond donors (Lipinski definition) is 2. The van der Waals surface area contributed by atoms with Crippen LogP contribution in [0.5, 0.6) is 0 Å². The molecule has 0 aliphatic carbocycles. The number of anilines is 2. The van der Waals surface area contributed by atoms with Crippen LogP contribution in [-0.4, -0.2) is 10.9 Å². The smallest absolute Gasteiger partial charge is 0.255 e. The quantitative estimate of drug-likeness (QED) is 0.867. The molecule has 2 aromatic rings. The number of hydrogen-bond acceptors (Lipinski definition) is 3. The van der Waals surface area contributed by atoms with Crippen molar-refractivity contribution in [1.29, 1.82) is 0 Å². The molecule has 4 nitrogen and oxygen atoms in total. The minimum Gasteiger partial charge on any atom is -0.384 e. The predicted molar refractivity (Wildman–Crippen MR) is 72.4 cm³/mol. The standard InChI is InChI=1S/C14H15N3O/c1-2-10-3-5-11(6-4-10)14(18)17-12-7-8-13(15)16-9-12/h3-9H,2H2,1H3,(H2,15,16)(H,17,18). The summed E-state index contributed by atoms with van der Waals surface area (Å²) < 4.78 is 0. The third-order valence-electron chi connectivity index (χ3n) is 2.67. The highest BCUT2D eigenvalue weighted by Gasteiger charge is 2.05. The molecule has 1 aromatic carbocycles. The largest absolute Gasteiger partial charge is 0.384 e. The van der Waals surface area contributed by atoms with Gasteiger partial charge >= 0.3 is 0 Å². The van der Waals surface area contributed by atoms with Gasteiger partial charge in [0.25, 0.3) is 5.91 Å². The molecule has 0 atom stereocenters. The summed E-state index contributed by atoms with van der Waals surface area (Å²) in [5, 5.41) is 2.77. The van der Waals surface area contributed by atoms with Gasteiger partial charge in [-0.15, -0.1) is 0 Å². The van der Waals surface area contributed by atoms with Crippen LogP contribution in [0.25, 0.3) is 0 Å². The lowest BCUT2D eigenvalue weighted by Gasteiger charge is -2.05. The molecule has 0 aliphatic heterocycles. The van der Waals surface area contributed by atoms with Crippen LogP contribution in [0.4, 0.5) is 11.5 Å². The topological polar surface area (TPSA) is 68.0 Å². The minimum absolute atomic E-state index is 0.149. The number of benzene rings is 1. The maximum Gasteiger partial charge on any atom is 0.255 e. The maximum absolute atomic E-state index is 11.9. The van der Waals surface area contributed by atoms with E-state index < -0.39 is 0 Å². The minimum atomic E-state index is -0.149. The van der Waals surface area contributed by atoms with Gasteiger partial charge in [-0.2, -0.15) is 0 Å². The van der Waals surface area contributed by atoms with E-state index in [1.165, 1.54) is 11.8 Å². The third kappa shape index (κ3) is 2.85. The molecule has 1 amide bonds. The fraction of sp³-hybridized carbons (Fsp3) is 0.143. The van der Waals surface area contributed by atoms with E-state index in [9.17, 15) is 4.79 Å². The number of aryl methyl sites for hydroxylation is 1. The van der Waals surface area contributed by atoms with E-state index in [1.807, 2.05) is 24.3 Å². The van der Waals surface area contributed by atoms with Gasteiger partial charge in [0.2, 0.25) is 0 Å². The van der Waals surface area contributed by atoms with Crippen LogP contribution in [-0.2, 0) is 6.42 Å². The number of aromatic nitrogens is 1. The zero-order chi connectivity index (χ0) is 13.0. The van der Waals surface area contributed by atoms with Gasteiger partial charge in [0.1, 0.15) is 5.82 Å². The summed E-state index contributed by atoms with van der Waals surface area (Å²) in [5.41, 5.74) is 7.95. The highest BCUT2D eigenvalue weighted by molar-refractivity contribution is 6.04. The monoisotopic (exact) mass is 241 g/mol. The molecule has 0 fully saturated rings. The van der Waals surface area contributed by atoms with Crippen LogP contribution in [0.3, 0.4) is 0 Å². The Morgan fingerprint density at radius 2 is 1.94 bits per heavy atom. The fourth-order valence-electron chi connectivity index (χ4n) is 1.57. The first-order valence-electron chi connectivity index (χ1n) is 5.81. The molecule has 3 N–H and O–H groups in total. The Bertz CT molecular complexity index is 532. The molecular formula is C14H15N3O. The number of carbonyl (C=O) groups is 1. The van der Waals surface area contributed by atoms with Gasteiger partial charge in [0, 0.05) is 5.56 Å². The van der Waals surface area contributed by atoms with Crippen molar-refractivity contribution in [1.82, 2.24) is 4.98 Å². The van der Waals surface area contributed by atoms with Crippen molar-refractivity contribution in [2.24, 2.45) is 0 Å². The second-order valence-corrected chi connectivity index (χ2v) is 3.98. The molecule has 0 unspecified atom stereocenters. The Balaban J connectivity index is 2.09. The van der Waals surface area contributed by atoms with Crippen molar-refractivity contribution >= 4 is 17.4 Å². The first-order valence-corrected chi connectivity index (χ1v) is 5.81. The maximum atomic E-state index is 11.9. The first-order chi connectivity index (χ1) is 8.69. The second kappa shape index (κ2) is 5.31. The number of nitrogens with one attached hydrogen (secondary N) is 1. The molecular weight excluding hydrogens is 226 g/mol. The van der Waals surface area contributed by atoms with E-state index in [4.69, 9.17) is 5.73 Å². The molecule has 2 rings (SSSR count). The number of nitrogens with zero attached hydrogens (tertiary/aromatic N) is 1. The van der Waals surface area contributed by atoms with Gasteiger partial charge in [0.15, 0.2) is 0 Å². The van der Waals surface area contributed by atoms with Crippen molar-refractivity contribution in [2.75, 3.05) is 11.1 Å². The lowest BCUT2D eigenvalue weighted by Crippen LogP contribution is -2.12. The Kier molecular flexibility index (Phi) is 3.57. The highest BCUT2D eigenvalue weighted by Crippen LogP contribution is 2.10. The highest BCUT2D eigenvalue weighted by atomic mass is 16.1.